The van der Waals surface area contributed by atoms with E-state index in [2.05, 4.69) is 22.0 Å². The average Bonchev–Trinajstić information content (AvgIpc) is 2.77. The van der Waals surface area contributed by atoms with E-state index in [0.717, 1.165) is 50.5 Å². The standard InChI is InChI=1S/C22H24F3N3O3/c1-2-27-10-12-28(13-11-27)19-8-6-18(7-9-19)26-20(29)15-31-21(30)16-4-3-5-17(14-16)22(23,24)25/h3-9,14H,2,10-13,15H2,1H3,(H,26,29). The zero-order valence-corrected chi connectivity index (χ0v) is 17.1. The predicted octanol–water partition coefficient (Wildman–Crippen LogP) is 3.64. The van der Waals surface area contributed by atoms with Crippen LogP contribution in [0.1, 0.15) is 22.8 Å². The van der Waals surface area contributed by atoms with Crippen LogP contribution in [0.15, 0.2) is 48.5 Å². The van der Waals surface area contributed by atoms with Crippen LogP contribution in [0.3, 0.4) is 0 Å². The molecule has 1 amide bonds. The van der Waals surface area contributed by atoms with Gasteiger partial charge in [0.05, 0.1) is 11.1 Å². The molecule has 31 heavy (non-hydrogen) atoms. The molecule has 1 heterocycles. The molecule has 0 atom stereocenters. The molecular weight excluding hydrogens is 411 g/mol. The summed E-state index contributed by atoms with van der Waals surface area (Å²) in [5.74, 6) is -1.58. The Balaban J connectivity index is 1.49. The minimum Gasteiger partial charge on any atom is -0.452 e. The van der Waals surface area contributed by atoms with Gasteiger partial charge in [0.25, 0.3) is 5.91 Å². The van der Waals surface area contributed by atoms with Crippen molar-refractivity contribution in [3.05, 3.63) is 59.7 Å². The maximum Gasteiger partial charge on any atom is 0.416 e. The zero-order chi connectivity index (χ0) is 22.4. The molecule has 0 spiro atoms. The van der Waals surface area contributed by atoms with E-state index in [1.54, 1.807) is 12.1 Å². The van der Waals surface area contributed by atoms with Crippen LogP contribution in [0.4, 0.5) is 24.5 Å². The molecule has 6 nitrogen and oxygen atoms in total. The van der Waals surface area contributed by atoms with Gasteiger partial charge in [-0.3, -0.25) is 4.79 Å². The number of carbonyl (C=O) groups is 2. The number of anilines is 2. The second-order valence-electron chi connectivity index (χ2n) is 7.17. The van der Waals surface area contributed by atoms with E-state index in [1.165, 1.54) is 6.07 Å². The van der Waals surface area contributed by atoms with Gasteiger partial charge in [0, 0.05) is 37.6 Å². The number of esters is 1. The molecule has 1 aliphatic heterocycles. The second kappa shape index (κ2) is 9.82. The molecule has 1 aliphatic rings. The minimum absolute atomic E-state index is 0.268. The summed E-state index contributed by atoms with van der Waals surface area (Å²) in [5, 5.41) is 2.61. The minimum atomic E-state index is -4.57. The summed E-state index contributed by atoms with van der Waals surface area (Å²) >= 11 is 0. The van der Waals surface area contributed by atoms with Crippen molar-refractivity contribution < 1.29 is 27.5 Å². The molecule has 2 aromatic rings. The smallest absolute Gasteiger partial charge is 0.416 e. The Bertz CT molecular complexity index is 908. The number of hydrogen-bond donors (Lipinski definition) is 1. The Kier molecular flexibility index (Phi) is 7.17. The van der Waals surface area contributed by atoms with Gasteiger partial charge < -0.3 is 19.9 Å². The molecule has 0 radical (unpaired) electrons. The highest BCUT2D eigenvalue weighted by atomic mass is 19.4. The normalized spacial score (nSPS) is 14.9. The van der Waals surface area contributed by atoms with Crippen molar-refractivity contribution in [3.8, 4) is 0 Å². The molecular formula is C22H24F3N3O3. The Morgan fingerprint density at radius 2 is 1.71 bits per heavy atom. The van der Waals surface area contributed by atoms with Crippen LogP contribution in [0.25, 0.3) is 0 Å². The lowest BCUT2D eigenvalue weighted by Gasteiger charge is -2.35. The highest BCUT2D eigenvalue weighted by Crippen LogP contribution is 2.29. The fourth-order valence-corrected chi connectivity index (χ4v) is 3.31. The number of amides is 1. The molecule has 9 heteroatoms. The van der Waals surface area contributed by atoms with Crippen LogP contribution in [0, 0.1) is 0 Å². The number of nitrogens with zero attached hydrogens (tertiary/aromatic N) is 2. The molecule has 3 rings (SSSR count). The fourth-order valence-electron chi connectivity index (χ4n) is 3.31. The number of carbonyl (C=O) groups excluding carboxylic acids is 2. The van der Waals surface area contributed by atoms with E-state index in [4.69, 9.17) is 4.74 Å². The summed E-state index contributed by atoms with van der Waals surface area (Å²) in [7, 11) is 0. The van der Waals surface area contributed by atoms with Crippen LogP contribution >= 0.6 is 0 Å². The van der Waals surface area contributed by atoms with Crippen molar-refractivity contribution >= 4 is 23.3 Å². The number of halogens is 3. The van der Waals surface area contributed by atoms with Crippen molar-refractivity contribution in [2.45, 2.75) is 13.1 Å². The molecule has 166 valence electrons. The summed E-state index contributed by atoms with van der Waals surface area (Å²) < 4.78 is 43.1. The van der Waals surface area contributed by atoms with E-state index in [1.807, 2.05) is 12.1 Å². The Morgan fingerprint density at radius 3 is 2.32 bits per heavy atom. The maximum absolute atomic E-state index is 12.7. The second-order valence-corrected chi connectivity index (χ2v) is 7.17. The van der Waals surface area contributed by atoms with Crippen LogP contribution < -0.4 is 10.2 Å². The predicted molar refractivity (Wildman–Crippen MR) is 111 cm³/mol. The first kappa shape index (κ1) is 22.6. The third-order valence-corrected chi connectivity index (χ3v) is 5.10. The van der Waals surface area contributed by atoms with Gasteiger partial charge in [-0.15, -0.1) is 0 Å². The zero-order valence-electron chi connectivity index (χ0n) is 17.1. The van der Waals surface area contributed by atoms with Gasteiger partial charge in [0.1, 0.15) is 0 Å². The number of ether oxygens (including phenoxy) is 1. The van der Waals surface area contributed by atoms with E-state index < -0.39 is 30.2 Å². The maximum atomic E-state index is 12.7. The first-order valence-corrected chi connectivity index (χ1v) is 9.98. The summed E-state index contributed by atoms with van der Waals surface area (Å²) in [5.41, 5.74) is 0.374. The van der Waals surface area contributed by atoms with Gasteiger partial charge >= 0.3 is 12.1 Å². The Morgan fingerprint density at radius 1 is 1.03 bits per heavy atom. The van der Waals surface area contributed by atoms with Gasteiger partial charge in [-0.05, 0) is 49.0 Å². The Labute approximate surface area is 178 Å². The molecule has 2 aromatic carbocycles. The average molecular weight is 435 g/mol. The van der Waals surface area contributed by atoms with Gasteiger partial charge in [0.2, 0.25) is 0 Å². The lowest BCUT2D eigenvalue weighted by Crippen LogP contribution is -2.46. The number of alkyl halides is 3. The summed E-state index contributed by atoms with van der Waals surface area (Å²) in [6.45, 7) is 6.46. The molecule has 1 saturated heterocycles. The van der Waals surface area contributed by atoms with Crippen molar-refractivity contribution in [2.24, 2.45) is 0 Å². The number of hydrogen-bond acceptors (Lipinski definition) is 5. The molecule has 0 bridgehead atoms. The number of rotatable bonds is 6. The monoisotopic (exact) mass is 435 g/mol. The van der Waals surface area contributed by atoms with Crippen molar-refractivity contribution in [2.75, 3.05) is 49.5 Å². The highest BCUT2D eigenvalue weighted by Gasteiger charge is 2.31. The largest absolute Gasteiger partial charge is 0.452 e. The quantitative estimate of drug-likeness (QED) is 0.702. The number of piperazine rings is 1. The molecule has 1 fully saturated rings. The lowest BCUT2D eigenvalue weighted by atomic mass is 10.1. The van der Waals surface area contributed by atoms with E-state index in [9.17, 15) is 22.8 Å². The van der Waals surface area contributed by atoms with Crippen molar-refractivity contribution in [3.63, 3.8) is 0 Å². The topological polar surface area (TPSA) is 61.9 Å². The summed E-state index contributed by atoms with van der Waals surface area (Å²) in [6.07, 6.45) is -4.57. The third kappa shape index (κ3) is 6.21. The van der Waals surface area contributed by atoms with E-state index in [-0.39, 0.29) is 5.56 Å². The molecule has 0 aromatic heterocycles. The molecule has 1 N–H and O–H groups in total. The van der Waals surface area contributed by atoms with E-state index >= 15 is 0 Å². The van der Waals surface area contributed by atoms with Gasteiger partial charge in [0.15, 0.2) is 6.61 Å². The van der Waals surface area contributed by atoms with E-state index in [0.29, 0.717) is 11.8 Å². The summed E-state index contributed by atoms with van der Waals surface area (Å²) in [4.78, 5) is 28.7. The van der Waals surface area contributed by atoms with Crippen molar-refractivity contribution in [1.82, 2.24) is 4.90 Å². The van der Waals surface area contributed by atoms with Gasteiger partial charge in [-0.1, -0.05) is 13.0 Å². The van der Waals surface area contributed by atoms with Crippen LogP contribution in [-0.2, 0) is 15.7 Å². The van der Waals surface area contributed by atoms with Crippen LogP contribution in [0.5, 0.6) is 0 Å². The molecule has 0 aliphatic carbocycles. The number of likely N-dealkylation sites (N-methyl/N-ethyl adjacent to an activating group) is 1. The van der Waals surface area contributed by atoms with Crippen LogP contribution in [0.2, 0.25) is 0 Å². The SMILES string of the molecule is CCN1CCN(c2ccc(NC(=O)COC(=O)c3cccc(C(F)(F)F)c3)cc2)CC1. The molecule has 0 saturated carbocycles. The lowest BCUT2D eigenvalue weighted by molar-refractivity contribution is -0.137. The highest BCUT2D eigenvalue weighted by molar-refractivity contribution is 5.95. The summed E-state index contributed by atoms with van der Waals surface area (Å²) in [6, 6.07) is 11.2. The van der Waals surface area contributed by atoms with Gasteiger partial charge in [-0.2, -0.15) is 13.2 Å². The number of nitrogens with one attached hydrogen (secondary N) is 1. The van der Waals surface area contributed by atoms with Crippen molar-refractivity contribution in [1.29, 1.82) is 0 Å². The molecule has 0 unspecified atom stereocenters. The van der Waals surface area contributed by atoms with Gasteiger partial charge in [-0.25, -0.2) is 4.79 Å². The Hall–Kier alpha value is -3.07. The third-order valence-electron chi connectivity index (χ3n) is 5.10. The fraction of sp³-hybridized carbons (Fsp3) is 0.364. The first-order valence-electron chi connectivity index (χ1n) is 9.98. The van der Waals surface area contributed by atoms with Crippen LogP contribution in [-0.4, -0.2) is 56.1 Å². The first-order chi connectivity index (χ1) is 14.8. The number of benzene rings is 2.